The quantitative estimate of drug-likeness (QED) is 0.734. The van der Waals surface area contributed by atoms with Gasteiger partial charge in [-0.1, -0.05) is 30.3 Å². The maximum atomic E-state index is 5.63. The molecule has 0 fully saturated rings. The van der Waals surface area contributed by atoms with Crippen molar-refractivity contribution in [2.24, 2.45) is 0 Å². The van der Waals surface area contributed by atoms with Crippen LogP contribution < -0.4 is 4.90 Å². The van der Waals surface area contributed by atoms with Gasteiger partial charge in [-0.2, -0.15) is 4.68 Å². The van der Waals surface area contributed by atoms with Gasteiger partial charge in [0.15, 0.2) is 6.67 Å². The second kappa shape index (κ2) is 7.13. The molecule has 2 aromatic heterocycles. The zero-order valence-electron chi connectivity index (χ0n) is 13.8. The first kappa shape index (κ1) is 15.9. The number of nitrogens with zero attached hydrogens (tertiary/aromatic N) is 3. The van der Waals surface area contributed by atoms with E-state index >= 15 is 0 Å². The Hall–Kier alpha value is -2.57. The second-order valence-electron chi connectivity index (χ2n) is 6.12. The number of rotatable bonds is 4. The van der Waals surface area contributed by atoms with Crippen LogP contribution in [0.15, 0.2) is 65.4 Å². The number of benzene rings is 1. The summed E-state index contributed by atoms with van der Waals surface area (Å²) in [5.74, 6) is 0.523. The Morgan fingerprint density at radius 1 is 1.12 bits per heavy atom. The highest BCUT2D eigenvalue weighted by Gasteiger charge is 2.18. The van der Waals surface area contributed by atoms with Crippen molar-refractivity contribution in [3.8, 4) is 11.5 Å². The summed E-state index contributed by atoms with van der Waals surface area (Å²) in [4.78, 5) is 5.92. The van der Waals surface area contributed by atoms with Crippen molar-refractivity contribution in [1.29, 1.82) is 0 Å². The van der Waals surface area contributed by atoms with Crippen LogP contribution in [0.5, 0.6) is 0 Å². The van der Waals surface area contributed by atoms with E-state index in [1.807, 2.05) is 12.1 Å². The molecule has 3 aromatic rings. The van der Waals surface area contributed by atoms with Crippen LogP contribution in [0.3, 0.4) is 0 Å². The van der Waals surface area contributed by atoms with E-state index in [1.54, 1.807) is 17.1 Å². The van der Waals surface area contributed by atoms with Crippen molar-refractivity contribution in [2.45, 2.75) is 13.1 Å². The molecule has 0 saturated carbocycles. The lowest BCUT2D eigenvalue weighted by atomic mass is 10.00. The van der Waals surface area contributed by atoms with E-state index in [0.717, 1.165) is 25.1 Å². The third-order valence-corrected chi connectivity index (χ3v) is 4.71. The van der Waals surface area contributed by atoms with Crippen LogP contribution in [-0.4, -0.2) is 27.9 Å². The topological polar surface area (TPSA) is 48.3 Å². The average molecular weight is 351 g/mol. The zero-order chi connectivity index (χ0) is 17.1. The lowest BCUT2D eigenvalue weighted by molar-refractivity contribution is -0.918. The normalized spacial score (nSPS) is 17.3. The SMILES string of the molecule is S=c1oc(-c2cccnc2)nn1C[NH+]1CC=C(c2ccccc2)CC1. The van der Waals surface area contributed by atoms with Gasteiger partial charge in [0, 0.05) is 18.8 Å². The summed E-state index contributed by atoms with van der Waals surface area (Å²) >= 11 is 5.33. The van der Waals surface area contributed by atoms with E-state index < -0.39 is 0 Å². The molecule has 0 bridgehead atoms. The monoisotopic (exact) mass is 351 g/mol. The molecular weight excluding hydrogens is 332 g/mol. The van der Waals surface area contributed by atoms with Gasteiger partial charge >= 0.3 is 0 Å². The fourth-order valence-corrected chi connectivity index (χ4v) is 3.25. The number of pyridine rings is 1. The summed E-state index contributed by atoms with van der Waals surface area (Å²) in [7, 11) is 0. The lowest BCUT2D eigenvalue weighted by Gasteiger charge is -2.23. The predicted molar refractivity (Wildman–Crippen MR) is 98.3 cm³/mol. The Morgan fingerprint density at radius 3 is 2.68 bits per heavy atom. The molecule has 1 N–H and O–H groups in total. The number of aromatic nitrogens is 3. The fourth-order valence-electron chi connectivity index (χ4n) is 3.07. The van der Waals surface area contributed by atoms with Crippen molar-refractivity contribution >= 4 is 17.8 Å². The molecule has 0 radical (unpaired) electrons. The Balaban J connectivity index is 1.46. The van der Waals surface area contributed by atoms with Crippen LogP contribution in [0.1, 0.15) is 12.0 Å². The maximum Gasteiger partial charge on any atom is 0.292 e. The molecule has 0 spiro atoms. The van der Waals surface area contributed by atoms with Gasteiger partial charge in [0.25, 0.3) is 4.84 Å². The van der Waals surface area contributed by atoms with Crippen molar-refractivity contribution in [2.75, 3.05) is 13.1 Å². The molecule has 1 atom stereocenters. The lowest BCUT2D eigenvalue weighted by Crippen LogP contribution is -3.11. The first-order valence-corrected chi connectivity index (χ1v) is 8.77. The van der Waals surface area contributed by atoms with Crippen LogP contribution in [0.4, 0.5) is 0 Å². The van der Waals surface area contributed by atoms with Gasteiger partial charge in [0.2, 0.25) is 5.89 Å². The van der Waals surface area contributed by atoms with Crippen molar-refractivity contribution in [3.63, 3.8) is 0 Å². The molecule has 4 rings (SSSR count). The minimum atomic E-state index is 0.407. The predicted octanol–water partition coefficient (Wildman–Crippen LogP) is 2.60. The van der Waals surface area contributed by atoms with Crippen molar-refractivity contribution in [3.05, 3.63) is 71.3 Å². The summed E-state index contributed by atoms with van der Waals surface area (Å²) < 4.78 is 7.40. The van der Waals surface area contributed by atoms with Gasteiger partial charge in [0.1, 0.15) is 0 Å². The van der Waals surface area contributed by atoms with E-state index in [4.69, 9.17) is 16.6 Å². The van der Waals surface area contributed by atoms with Gasteiger partial charge in [-0.3, -0.25) is 4.98 Å². The van der Waals surface area contributed by atoms with E-state index in [2.05, 4.69) is 46.5 Å². The van der Waals surface area contributed by atoms with Crippen LogP contribution >= 0.6 is 12.2 Å². The third-order valence-electron chi connectivity index (χ3n) is 4.42. The van der Waals surface area contributed by atoms with Crippen molar-refractivity contribution in [1.82, 2.24) is 14.8 Å². The summed E-state index contributed by atoms with van der Waals surface area (Å²) in [5.41, 5.74) is 3.58. The van der Waals surface area contributed by atoms with Crippen LogP contribution in [0, 0.1) is 4.84 Å². The maximum absolute atomic E-state index is 5.63. The summed E-state index contributed by atoms with van der Waals surface area (Å²) in [6.45, 7) is 2.72. The van der Waals surface area contributed by atoms with Gasteiger partial charge in [0.05, 0.1) is 18.7 Å². The zero-order valence-corrected chi connectivity index (χ0v) is 14.6. The van der Waals surface area contributed by atoms with E-state index in [1.165, 1.54) is 16.0 Å². The van der Waals surface area contributed by atoms with Crippen LogP contribution in [-0.2, 0) is 6.67 Å². The Labute approximate surface area is 151 Å². The fraction of sp³-hybridized carbons (Fsp3) is 0.211. The van der Waals surface area contributed by atoms with Gasteiger partial charge in [-0.15, -0.1) is 5.10 Å². The highest BCUT2D eigenvalue weighted by molar-refractivity contribution is 7.71. The number of hydrogen-bond donors (Lipinski definition) is 1. The van der Waals surface area contributed by atoms with Crippen LogP contribution in [0.25, 0.3) is 17.0 Å². The Kier molecular flexibility index (Phi) is 4.54. The summed E-state index contributed by atoms with van der Waals surface area (Å²) in [6.07, 6.45) is 6.83. The molecule has 126 valence electrons. The molecule has 1 aliphatic heterocycles. The first-order chi connectivity index (χ1) is 12.3. The molecule has 3 heterocycles. The highest BCUT2D eigenvalue weighted by Crippen LogP contribution is 2.18. The largest absolute Gasteiger partial charge is 0.409 e. The van der Waals surface area contributed by atoms with Crippen LogP contribution in [0.2, 0.25) is 0 Å². The molecule has 5 nitrogen and oxygen atoms in total. The smallest absolute Gasteiger partial charge is 0.292 e. The Bertz CT molecular complexity index is 931. The van der Waals surface area contributed by atoms with Gasteiger partial charge in [-0.25, -0.2) is 0 Å². The summed E-state index contributed by atoms with van der Waals surface area (Å²) in [5, 5.41) is 4.52. The molecule has 25 heavy (non-hydrogen) atoms. The second-order valence-corrected chi connectivity index (χ2v) is 6.47. The molecule has 6 heteroatoms. The molecule has 0 aliphatic carbocycles. The molecular formula is C19H19N4OS+. The number of hydrogen-bond acceptors (Lipinski definition) is 4. The highest BCUT2D eigenvalue weighted by atomic mass is 32.1. The molecule has 1 aromatic carbocycles. The third kappa shape index (κ3) is 3.60. The minimum Gasteiger partial charge on any atom is -0.409 e. The first-order valence-electron chi connectivity index (χ1n) is 8.36. The number of nitrogens with one attached hydrogen (secondary N) is 1. The Morgan fingerprint density at radius 2 is 1.96 bits per heavy atom. The molecule has 0 saturated heterocycles. The molecule has 1 unspecified atom stereocenters. The standard InChI is InChI=1S/C19H18N4OS/c25-19-23(21-18(24-19)17-7-4-10-20-13-17)14-22-11-8-16(9-12-22)15-5-2-1-3-6-15/h1-8,10,13H,9,11-12,14H2/p+1. The summed E-state index contributed by atoms with van der Waals surface area (Å²) in [6, 6.07) is 14.3. The van der Waals surface area contributed by atoms with E-state index in [9.17, 15) is 0 Å². The average Bonchev–Trinajstić information content (AvgIpc) is 3.04. The molecule has 1 aliphatic rings. The van der Waals surface area contributed by atoms with Crippen molar-refractivity contribution < 1.29 is 9.32 Å². The van der Waals surface area contributed by atoms with E-state index in [0.29, 0.717) is 17.4 Å². The van der Waals surface area contributed by atoms with E-state index in [-0.39, 0.29) is 0 Å². The van der Waals surface area contributed by atoms with Gasteiger partial charge < -0.3 is 9.32 Å². The number of quaternary nitrogens is 1. The molecule has 0 amide bonds. The van der Waals surface area contributed by atoms with Gasteiger partial charge in [-0.05, 0) is 41.6 Å². The minimum absolute atomic E-state index is 0.407.